The quantitative estimate of drug-likeness (QED) is 0.901. The predicted molar refractivity (Wildman–Crippen MR) is 74.4 cm³/mol. The number of halogens is 1. The van der Waals surface area contributed by atoms with Crippen molar-refractivity contribution >= 4 is 17.6 Å². The van der Waals surface area contributed by atoms with Gasteiger partial charge in [-0.3, -0.25) is 0 Å². The van der Waals surface area contributed by atoms with Gasteiger partial charge in [-0.1, -0.05) is 23.7 Å². The van der Waals surface area contributed by atoms with E-state index in [1.165, 1.54) is 6.07 Å². The number of carbonyl (C=O) groups is 1. The maximum Gasteiger partial charge on any atom is 0.335 e. The molecule has 3 nitrogen and oxygen atoms in total. The first-order valence-corrected chi connectivity index (χ1v) is 6.13. The molecule has 0 atom stereocenters. The maximum absolute atomic E-state index is 11.0. The van der Waals surface area contributed by atoms with Crippen LogP contribution in [0.25, 0.3) is 0 Å². The van der Waals surface area contributed by atoms with E-state index in [9.17, 15) is 4.79 Å². The normalized spacial score (nSPS) is 10.3. The molecule has 0 radical (unpaired) electrons. The molecule has 1 N–H and O–H groups in total. The molecule has 0 aliphatic rings. The second-order valence-electron chi connectivity index (χ2n) is 4.32. The molecule has 2 aromatic carbocycles. The molecule has 4 heteroatoms. The van der Waals surface area contributed by atoms with Crippen molar-refractivity contribution in [3.05, 3.63) is 58.1 Å². The highest BCUT2D eigenvalue weighted by Crippen LogP contribution is 2.32. The molecule has 0 aromatic heterocycles. The fourth-order valence-corrected chi connectivity index (χ4v) is 1.81. The molecule has 0 aliphatic heterocycles. The van der Waals surface area contributed by atoms with Crippen LogP contribution in [-0.4, -0.2) is 11.1 Å². The number of aryl methyl sites for hydroxylation is 2. The largest absolute Gasteiger partial charge is 0.478 e. The zero-order valence-corrected chi connectivity index (χ0v) is 11.4. The van der Waals surface area contributed by atoms with Crippen molar-refractivity contribution in [2.75, 3.05) is 0 Å². The third kappa shape index (κ3) is 3.06. The van der Waals surface area contributed by atoms with Crippen LogP contribution in [0.3, 0.4) is 0 Å². The van der Waals surface area contributed by atoms with E-state index in [4.69, 9.17) is 21.4 Å². The minimum atomic E-state index is -0.986. The number of carboxylic acid groups (broad SMARTS) is 1. The average molecular weight is 277 g/mol. The van der Waals surface area contributed by atoms with E-state index >= 15 is 0 Å². The summed E-state index contributed by atoms with van der Waals surface area (Å²) < 4.78 is 5.72. The van der Waals surface area contributed by atoms with Gasteiger partial charge in [-0.2, -0.15) is 0 Å². The van der Waals surface area contributed by atoms with Gasteiger partial charge in [0.05, 0.1) is 10.6 Å². The highest BCUT2D eigenvalue weighted by Gasteiger charge is 2.10. The molecule has 2 rings (SSSR count). The summed E-state index contributed by atoms with van der Waals surface area (Å²) >= 11 is 6.06. The van der Waals surface area contributed by atoms with Gasteiger partial charge < -0.3 is 9.84 Å². The first-order valence-electron chi connectivity index (χ1n) is 5.75. The van der Waals surface area contributed by atoms with E-state index in [0.717, 1.165) is 11.1 Å². The standard InChI is InChI=1S/C15H13ClO3/c1-9-3-6-12(16)14(7-9)19-13-8-11(15(17)18)5-4-10(13)2/h3-8H,1-2H3,(H,17,18). The third-order valence-electron chi connectivity index (χ3n) is 2.74. The van der Waals surface area contributed by atoms with Crippen molar-refractivity contribution in [2.24, 2.45) is 0 Å². The van der Waals surface area contributed by atoms with Crippen LogP contribution in [0.15, 0.2) is 36.4 Å². The molecule has 0 saturated carbocycles. The lowest BCUT2D eigenvalue weighted by atomic mass is 10.1. The number of hydrogen-bond acceptors (Lipinski definition) is 2. The summed E-state index contributed by atoms with van der Waals surface area (Å²) in [5.41, 5.74) is 2.05. The monoisotopic (exact) mass is 276 g/mol. The molecule has 0 spiro atoms. The van der Waals surface area contributed by atoms with Gasteiger partial charge in [0, 0.05) is 0 Å². The summed E-state index contributed by atoms with van der Waals surface area (Å²) in [7, 11) is 0. The Hall–Kier alpha value is -2.00. The van der Waals surface area contributed by atoms with E-state index in [1.807, 2.05) is 26.0 Å². The van der Waals surface area contributed by atoms with E-state index < -0.39 is 5.97 Å². The van der Waals surface area contributed by atoms with Crippen LogP contribution in [0, 0.1) is 13.8 Å². The molecule has 0 heterocycles. The van der Waals surface area contributed by atoms with E-state index in [1.54, 1.807) is 18.2 Å². The SMILES string of the molecule is Cc1ccc(Cl)c(Oc2cc(C(=O)O)ccc2C)c1. The van der Waals surface area contributed by atoms with Crippen molar-refractivity contribution in [2.45, 2.75) is 13.8 Å². The van der Waals surface area contributed by atoms with Gasteiger partial charge in [0.2, 0.25) is 0 Å². The molecular weight excluding hydrogens is 264 g/mol. The van der Waals surface area contributed by atoms with Crippen LogP contribution < -0.4 is 4.74 Å². The number of ether oxygens (including phenoxy) is 1. The van der Waals surface area contributed by atoms with Crippen LogP contribution in [0.5, 0.6) is 11.5 Å². The highest BCUT2D eigenvalue weighted by atomic mass is 35.5. The van der Waals surface area contributed by atoms with Gasteiger partial charge >= 0.3 is 5.97 Å². The molecule has 0 amide bonds. The van der Waals surface area contributed by atoms with Gasteiger partial charge in [0.1, 0.15) is 11.5 Å². The van der Waals surface area contributed by atoms with Crippen LogP contribution >= 0.6 is 11.6 Å². The smallest absolute Gasteiger partial charge is 0.335 e. The lowest BCUT2D eigenvalue weighted by Gasteiger charge is -2.11. The molecule has 0 saturated heterocycles. The topological polar surface area (TPSA) is 46.5 Å². The molecule has 2 aromatic rings. The molecule has 0 aliphatic carbocycles. The summed E-state index contributed by atoms with van der Waals surface area (Å²) in [5, 5.41) is 9.47. The number of rotatable bonds is 3. The number of aromatic carboxylic acids is 1. The van der Waals surface area contributed by atoms with E-state index in [-0.39, 0.29) is 5.56 Å². The summed E-state index contributed by atoms with van der Waals surface area (Å²) in [6.45, 7) is 3.79. The number of hydrogen-bond donors (Lipinski definition) is 1. The predicted octanol–water partition coefficient (Wildman–Crippen LogP) is 4.45. The molecule has 0 unspecified atom stereocenters. The van der Waals surface area contributed by atoms with Gasteiger partial charge in [-0.15, -0.1) is 0 Å². The third-order valence-corrected chi connectivity index (χ3v) is 3.05. The molecular formula is C15H13ClO3. The number of carboxylic acids is 1. The Balaban J connectivity index is 2.40. The van der Waals surface area contributed by atoms with Crippen LogP contribution in [0.4, 0.5) is 0 Å². The fraction of sp³-hybridized carbons (Fsp3) is 0.133. The second kappa shape index (κ2) is 5.33. The Morgan fingerprint density at radius 2 is 1.84 bits per heavy atom. The summed E-state index contributed by atoms with van der Waals surface area (Å²) in [6, 6.07) is 10.2. The Labute approximate surface area is 116 Å². The summed E-state index contributed by atoms with van der Waals surface area (Å²) in [6.07, 6.45) is 0. The van der Waals surface area contributed by atoms with Crippen molar-refractivity contribution < 1.29 is 14.6 Å². The Kier molecular flexibility index (Phi) is 3.76. The minimum absolute atomic E-state index is 0.185. The average Bonchev–Trinajstić information content (AvgIpc) is 2.36. The van der Waals surface area contributed by atoms with Crippen molar-refractivity contribution in [1.29, 1.82) is 0 Å². The van der Waals surface area contributed by atoms with Gasteiger partial charge in [0.15, 0.2) is 0 Å². The highest BCUT2D eigenvalue weighted by molar-refractivity contribution is 6.32. The zero-order valence-electron chi connectivity index (χ0n) is 10.6. The fourth-order valence-electron chi connectivity index (χ4n) is 1.65. The molecule has 0 fully saturated rings. The van der Waals surface area contributed by atoms with E-state index in [2.05, 4.69) is 0 Å². The maximum atomic E-state index is 11.0. The van der Waals surface area contributed by atoms with Gasteiger partial charge in [0.25, 0.3) is 0 Å². The van der Waals surface area contributed by atoms with Crippen LogP contribution in [0.1, 0.15) is 21.5 Å². The Bertz CT molecular complexity index is 635. The zero-order chi connectivity index (χ0) is 14.0. The Morgan fingerprint density at radius 3 is 2.53 bits per heavy atom. The van der Waals surface area contributed by atoms with Gasteiger partial charge in [-0.05, 0) is 49.2 Å². The van der Waals surface area contributed by atoms with Gasteiger partial charge in [-0.25, -0.2) is 4.79 Å². The van der Waals surface area contributed by atoms with E-state index in [0.29, 0.717) is 16.5 Å². The number of benzene rings is 2. The first kappa shape index (κ1) is 13.4. The van der Waals surface area contributed by atoms with Crippen molar-refractivity contribution in [3.63, 3.8) is 0 Å². The lowest BCUT2D eigenvalue weighted by molar-refractivity contribution is 0.0696. The molecule has 98 valence electrons. The molecule has 0 bridgehead atoms. The molecule has 19 heavy (non-hydrogen) atoms. The van der Waals surface area contributed by atoms with Crippen molar-refractivity contribution in [3.8, 4) is 11.5 Å². The van der Waals surface area contributed by atoms with Crippen LogP contribution in [0.2, 0.25) is 5.02 Å². The Morgan fingerprint density at radius 1 is 1.11 bits per heavy atom. The second-order valence-corrected chi connectivity index (χ2v) is 4.73. The van der Waals surface area contributed by atoms with Crippen molar-refractivity contribution in [1.82, 2.24) is 0 Å². The minimum Gasteiger partial charge on any atom is -0.478 e. The lowest BCUT2D eigenvalue weighted by Crippen LogP contribution is -1.98. The first-order chi connectivity index (χ1) is 8.97. The summed E-state index contributed by atoms with van der Waals surface area (Å²) in [5.74, 6) is 0.0277. The van der Waals surface area contributed by atoms with Crippen LogP contribution in [-0.2, 0) is 0 Å². The summed E-state index contributed by atoms with van der Waals surface area (Å²) in [4.78, 5) is 11.0.